The first-order chi connectivity index (χ1) is 13.3. The van der Waals surface area contributed by atoms with Crippen molar-refractivity contribution in [1.82, 2.24) is 0 Å². The van der Waals surface area contributed by atoms with E-state index in [1.165, 1.54) is 68.5 Å². The normalized spacial score (nSPS) is 14.4. The molecule has 5 rings (SSSR count). The van der Waals surface area contributed by atoms with E-state index in [1.54, 1.807) is 0 Å². The first-order valence-electron chi connectivity index (χ1n) is 10.0. The molecule has 0 saturated heterocycles. The van der Waals surface area contributed by atoms with Gasteiger partial charge >= 0.3 is 0 Å². The van der Waals surface area contributed by atoms with E-state index in [1.807, 2.05) is 0 Å². The smallest absolute Gasteiger partial charge is 0.00112 e. The topological polar surface area (TPSA) is 0 Å². The van der Waals surface area contributed by atoms with Crippen molar-refractivity contribution < 1.29 is 0 Å². The van der Waals surface area contributed by atoms with Crippen molar-refractivity contribution >= 4 is 22.3 Å². The molecule has 0 N–H and O–H groups in total. The Labute approximate surface area is 161 Å². The Hall–Kier alpha value is -2.86. The molecule has 0 radical (unpaired) electrons. The van der Waals surface area contributed by atoms with Gasteiger partial charge in [-0.2, -0.15) is 0 Å². The Bertz CT molecular complexity index is 1110. The van der Waals surface area contributed by atoms with Gasteiger partial charge in [-0.15, -0.1) is 0 Å². The van der Waals surface area contributed by atoms with Crippen LogP contribution in [0.5, 0.6) is 0 Å². The van der Waals surface area contributed by atoms with Crippen molar-refractivity contribution in [2.45, 2.75) is 33.1 Å². The number of hydrogen-bond donors (Lipinski definition) is 0. The lowest BCUT2D eigenvalue weighted by Gasteiger charge is -2.11. The van der Waals surface area contributed by atoms with Gasteiger partial charge in [0.05, 0.1) is 0 Å². The molecule has 0 atom stereocenters. The van der Waals surface area contributed by atoms with Gasteiger partial charge < -0.3 is 0 Å². The van der Waals surface area contributed by atoms with E-state index in [0.29, 0.717) is 0 Å². The molecule has 0 heterocycles. The van der Waals surface area contributed by atoms with Crippen LogP contribution in [0.4, 0.5) is 0 Å². The largest absolute Gasteiger partial charge is 0.0654 e. The third-order valence-electron chi connectivity index (χ3n) is 5.88. The summed E-state index contributed by atoms with van der Waals surface area (Å²) >= 11 is 0. The fourth-order valence-electron chi connectivity index (χ4n) is 4.71. The summed E-state index contributed by atoms with van der Waals surface area (Å²) in [6.07, 6.45) is 3.62. The molecule has 0 aliphatic heterocycles. The Morgan fingerprint density at radius 1 is 0.630 bits per heavy atom. The maximum absolute atomic E-state index is 2.33. The van der Waals surface area contributed by atoms with Crippen molar-refractivity contribution in [2.24, 2.45) is 0 Å². The molecule has 3 aromatic carbocycles. The van der Waals surface area contributed by atoms with E-state index in [4.69, 9.17) is 0 Å². The molecule has 0 bridgehead atoms. The predicted molar refractivity (Wildman–Crippen MR) is 116 cm³/mol. The van der Waals surface area contributed by atoms with Gasteiger partial charge in [0.15, 0.2) is 0 Å². The maximum Gasteiger partial charge on any atom is -0.00112 e. The molecule has 2 aliphatic rings. The zero-order valence-corrected chi connectivity index (χ0v) is 16.0. The zero-order valence-electron chi connectivity index (χ0n) is 16.0. The Balaban J connectivity index is 1.86. The molecule has 27 heavy (non-hydrogen) atoms. The van der Waals surface area contributed by atoms with Crippen LogP contribution in [-0.2, 0) is 0 Å². The monoisotopic (exact) mass is 348 g/mol. The van der Waals surface area contributed by atoms with E-state index in [9.17, 15) is 0 Å². The maximum atomic E-state index is 2.33. The SMILES string of the molecule is CCCCC1=C2C(=C(c3cccc(C)c3)c3ccccc32)c2ccccc21. The van der Waals surface area contributed by atoms with Gasteiger partial charge in [-0.25, -0.2) is 0 Å². The van der Waals surface area contributed by atoms with Crippen LogP contribution in [0.15, 0.2) is 72.8 Å². The van der Waals surface area contributed by atoms with E-state index in [-0.39, 0.29) is 0 Å². The summed E-state index contributed by atoms with van der Waals surface area (Å²) in [4.78, 5) is 0. The van der Waals surface area contributed by atoms with Gasteiger partial charge in [-0.05, 0) is 69.9 Å². The Morgan fingerprint density at radius 2 is 1.26 bits per heavy atom. The van der Waals surface area contributed by atoms with Crippen molar-refractivity contribution in [2.75, 3.05) is 0 Å². The van der Waals surface area contributed by atoms with Gasteiger partial charge in [-0.1, -0.05) is 91.7 Å². The highest BCUT2D eigenvalue weighted by atomic mass is 14.4. The van der Waals surface area contributed by atoms with Crippen molar-refractivity contribution in [3.8, 4) is 0 Å². The second-order valence-corrected chi connectivity index (χ2v) is 7.67. The third-order valence-corrected chi connectivity index (χ3v) is 5.88. The lowest BCUT2D eigenvalue weighted by Crippen LogP contribution is -1.91. The van der Waals surface area contributed by atoms with Crippen LogP contribution in [0.3, 0.4) is 0 Å². The average molecular weight is 348 g/mol. The molecule has 0 aromatic heterocycles. The fraction of sp³-hybridized carbons (Fsp3) is 0.185. The zero-order chi connectivity index (χ0) is 18.4. The lowest BCUT2D eigenvalue weighted by molar-refractivity contribution is 0.825. The molecule has 0 saturated carbocycles. The van der Waals surface area contributed by atoms with Gasteiger partial charge in [0.2, 0.25) is 0 Å². The molecule has 0 amide bonds. The van der Waals surface area contributed by atoms with Crippen LogP contribution < -0.4 is 0 Å². The minimum absolute atomic E-state index is 1.15. The average Bonchev–Trinajstić information content (AvgIpc) is 3.19. The molecular formula is C27H24. The quantitative estimate of drug-likeness (QED) is 0.461. The molecule has 0 unspecified atom stereocenters. The third kappa shape index (κ3) is 2.44. The minimum Gasteiger partial charge on any atom is -0.0654 e. The first kappa shape index (κ1) is 16.3. The molecule has 0 fully saturated rings. The number of allylic oxidation sites excluding steroid dienone is 3. The van der Waals surface area contributed by atoms with Crippen LogP contribution in [0.25, 0.3) is 22.3 Å². The summed E-state index contributed by atoms with van der Waals surface area (Å²) < 4.78 is 0. The van der Waals surface area contributed by atoms with E-state index in [0.717, 1.165) is 6.42 Å². The number of unbranched alkanes of at least 4 members (excludes halogenated alkanes) is 1. The molecule has 0 nitrogen and oxygen atoms in total. The predicted octanol–water partition coefficient (Wildman–Crippen LogP) is 7.38. The Kier molecular flexibility index (Phi) is 3.86. The summed E-state index contributed by atoms with van der Waals surface area (Å²) in [6, 6.07) is 26.9. The number of aryl methyl sites for hydroxylation is 1. The van der Waals surface area contributed by atoms with Crippen LogP contribution in [0.1, 0.15) is 59.6 Å². The number of rotatable bonds is 4. The van der Waals surface area contributed by atoms with Crippen molar-refractivity contribution in [3.63, 3.8) is 0 Å². The van der Waals surface area contributed by atoms with Crippen LogP contribution in [-0.4, -0.2) is 0 Å². The van der Waals surface area contributed by atoms with Gasteiger partial charge in [-0.3, -0.25) is 0 Å². The van der Waals surface area contributed by atoms with E-state index < -0.39 is 0 Å². The second-order valence-electron chi connectivity index (χ2n) is 7.67. The summed E-state index contributed by atoms with van der Waals surface area (Å²) in [5, 5.41) is 0. The highest BCUT2D eigenvalue weighted by molar-refractivity contribution is 6.33. The minimum atomic E-state index is 1.15. The summed E-state index contributed by atoms with van der Waals surface area (Å²) in [6.45, 7) is 4.46. The molecule has 0 heteroatoms. The number of hydrogen-bond acceptors (Lipinski definition) is 0. The lowest BCUT2D eigenvalue weighted by atomic mass is 9.92. The molecule has 2 aliphatic carbocycles. The summed E-state index contributed by atoms with van der Waals surface area (Å²) in [5.74, 6) is 0. The standard InChI is InChI=1S/C27H24/c1-3-4-12-21-20-13-5-6-14-22(20)27-25(19-11-9-10-18(2)17-19)23-15-7-8-16-24(23)26(21)27/h5-11,13-17H,3-4,12H2,1-2H3. The van der Waals surface area contributed by atoms with Gasteiger partial charge in [0.25, 0.3) is 0 Å². The number of benzene rings is 3. The van der Waals surface area contributed by atoms with Crippen LogP contribution in [0, 0.1) is 6.92 Å². The van der Waals surface area contributed by atoms with Crippen molar-refractivity contribution in [1.29, 1.82) is 0 Å². The van der Waals surface area contributed by atoms with Crippen LogP contribution in [0.2, 0.25) is 0 Å². The van der Waals surface area contributed by atoms with Gasteiger partial charge in [0.1, 0.15) is 0 Å². The number of fused-ring (bicyclic) bond motifs is 5. The van der Waals surface area contributed by atoms with Gasteiger partial charge in [0, 0.05) is 0 Å². The summed E-state index contributed by atoms with van der Waals surface area (Å²) in [5.41, 5.74) is 14.2. The fourth-order valence-corrected chi connectivity index (χ4v) is 4.71. The highest BCUT2D eigenvalue weighted by Crippen LogP contribution is 2.57. The summed E-state index contributed by atoms with van der Waals surface area (Å²) in [7, 11) is 0. The van der Waals surface area contributed by atoms with Crippen LogP contribution >= 0.6 is 0 Å². The van der Waals surface area contributed by atoms with Crippen molar-refractivity contribution in [3.05, 3.63) is 106 Å². The van der Waals surface area contributed by atoms with E-state index >= 15 is 0 Å². The highest BCUT2D eigenvalue weighted by Gasteiger charge is 2.36. The Morgan fingerprint density at radius 3 is 1.93 bits per heavy atom. The molecular weight excluding hydrogens is 324 g/mol. The molecule has 0 spiro atoms. The molecule has 132 valence electrons. The second kappa shape index (κ2) is 6.39. The van der Waals surface area contributed by atoms with E-state index in [2.05, 4.69) is 86.6 Å². The first-order valence-corrected chi connectivity index (χ1v) is 10.0. The molecule has 3 aromatic rings.